The van der Waals surface area contributed by atoms with Gasteiger partial charge in [0.25, 0.3) is 5.91 Å². The van der Waals surface area contributed by atoms with Crippen LogP contribution in [0.3, 0.4) is 0 Å². The maximum absolute atomic E-state index is 13.1. The van der Waals surface area contributed by atoms with E-state index in [1.807, 2.05) is 38.1 Å². The van der Waals surface area contributed by atoms with Crippen molar-refractivity contribution in [2.24, 2.45) is 0 Å². The molecule has 2 aliphatic rings. The van der Waals surface area contributed by atoms with Crippen molar-refractivity contribution >= 4 is 17.6 Å². The number of carbonyl (C=O) groups excluding carboxylic acids is 2. The fourth-order valence-corrected chi connectivity index (χ4v) is 3.48. The van der Waals surface area contributed by atoms with Crippen molar-refractivity contribution in [3.8, 4) is 11.5 Å². The number of rotatable bonds is 3. The van der Waals surface area contributed by atoms with Gasteiger partial charge in [0.2, 0.25) is 6.79 Å². The lowest BCUT2D eigenvalue weighted by Crippen LogP contribution is -2.46. The second kappa shape index (κ2) is 6.92. The molecule has 0 aromatic heterocycles. The molecule has 0 spiro atoms. The van der Waals surface area contributed by atoms with Gasteiger partial charge in [-0.15, -0.1) is 0 Å². The molecular formula is C21H21N3O4. The van der Waals surface area contributed by atoms with E-state index in [9.17, 15) is 9.59 Å². The standard InChI is InChI=1S/C21H21N3O4/c1-11-4-6-15(12(2)8-11)23-20(25)18-13(3)22-21(26)24-19(18)14-5-7-16-17(9-14)28-10-27-16/h4-9,19H,10H2,1-3H3,(H,23,25)(H2,22,24,26)/t19-/m0/s1. The number of anilines is 1. The van der Waals surface area contributed by atoms with Gasteiger partial charge in [-0.1, -0.05) is 23.8 Å². The maximum Gasteiger partial charge on any atom is 0.319 e. The Morgan fingerprint density at radius 3 is 2.64 bits per heavy atom. The van der Waals surface area contributed by atoms with E-state index in [0.717, 1.165) is 22.4 Å². The van der Waals surface area contributed by atoms with Crippen LogP contribution in [0.15, 0.2) is 47.7 Å². The number of carbonyl (C=O) groups is 2. The molecule has 0 fully saturated rings. The van der Waals surface area contributed by atoms with E-state index in [-0.39, 0.29) is 18.7 Å². The molecule has 2 aromatic rings. The number of benzene rings is 2. The summed E-state index contributed by atoms with van der Waals surface area (Å²) in [5.41, 5.74) is 4.52. The summed E-state index contributed by atoms with van der Waals surface area (Å²) in [6, 6.07) is 10.3. The molecule has 1 atom stereocenters. The van der Waals surface area contributed by atoms with Gasteiger partial charge in [0.1, 0.15) is 0 Å². The number of ether oxygens (including phenoxy) is 2. The van der Waals surface area contributed by atoms with Gasteiger partial charge in [0.15, 0.2) is 11.5 Å². The molecule has 0 bridgehead atoms. The molecule has 0 saturated heterocycles. The van der Waals surface area contributed by atoms with E-state index >= 15 is 0 Å². The lowest BCUT2D eigenvalue weighted by molar-refractivity contribution is -0.113. The first-order chi connectivity index (χ1) is 13.4. The highest BCUT2D eigenvalue weighted by molar-refractivity contribution is 6.07. The van der Waals surface area contributed by atoms with E-state index in [1.165, 1.54) is 0 Å². The topological polar surface area (TPSA) is 88.7 Å². The van der Waals surface area contributed by atoms with Crippen molar-refractivity contribution in [2.75, 3.05) is 12.1 Å². The first-order valence-corrected chi connectivity index (χ1v) is 8.99. The summed E-state index contributed by atoms with van der Waals surface area (Å²) < 4.78 is 10.8. The fraction of sp³-hybridized carbons (Fsp3) is 0.238. The molecule has 28 heavy (non-hydrogen) atoms. The van der Waals surface area contributed by atoms with Crippen LogP contribution in [0.4, 0.5) is 10.5 Å². The second-order valence-corrected chi connectivity index (χ2v) is 6.96. The fourth-order valence-electron chi connectivity index (χ4n) is 3.48. The number of urea groups is 1. The predicted molar refractivity (Wildman–Crippen MR) is 104 cm³/mol. The number of nitrogens with one attached hydrogen (secondary N) is 3. The highest BCUT2D eigenvalue weighted by atomic mass is 16.7. The Bertz CT molecular complexity index is 1010. The second-order valence-electron chi connectivity index (χ2n) is 6.96. The molecule has 4 rings (SSSR count). The molecule has 0 radical (unpaired) electrons. The van der Waals surface area contributed by atoms with Crippen LogP contribution in [-0.4, -0.2) is 18.7 Å². The third-order valence-electron chi connectivity index (χ3n) is 4.87. The normalized spacial score (nSPS) is 17.8. The zero-order chi connectivity index (χ0) is 19.8. The molecule has 2 aromatic carbocycles. The molecule has 2 heterocycles. The molecule has 3 amide bonds. The number of hydrogen-bond acceptors (Lipinski definition) is 4. The highest BCUT2D eigenvalue weighted by Crippen LogP contribution is 2.37. The molecule has 0 saturated carbocycles. The SMILES string of the molecule is CC1=C(C(=O)Nc2ccc(C)cc2C)[C@H](c2ccc3c(c2)OCO3)NC(=O)N1. The van der Waals surface area contributed by atoms with Crippen LogP contribution in [0.1, 0.15) is 29.7 Å². The molecule has 0 unspecified atom stereocenters. The van der Waals surface area contributed by atoms with Gasteiger partial charge in [-0.2, -0.15) is 0 Å². The van der Waals surface area contributed by atoms with E-state index in [0.29, 0.717) is 22.8 Å². The smallest absolute Gasteiger partial charge is 0.319 e. The summed E-state index contributed by atoms with van der Waals surface area (Å²) in [5.74, 6) is 0.961. The van der Waals surface area contributed by atoms with Crippen molar-refractivity contribution in [1.29, 1.82) is 0 Å². The van der Waals surface area contributed by atoms with Crippen molar-refractivity contribution in [1.82, 2.24) is 10.6 Å². The number of allylic oxidation sites excluding steroid dienone is 1. The first-order valence-electron chi connectivity index (χ1n) is 8.99. The Kier molecular flexibility index (Phi) is 4.43. The molecule has 7 nitrogen and oxygen atoms in total. The Morgan fingerprint density at radius 1 is 1.07 bits per heavy atom. The zero-order valence-electron chi connectivity index (χ0n) is 15.9. The predicted octanol–water partition coefficient (Wildman–Crippen LogP) is 3.30. The zero-order valence-corrected chi connectivity index (χ0v) is 15.9. The van der Waals surface area contributed by atoms with Gasteiger partial charge in [-0.3, -0.25) is 4.79 Å². The summed E-state index contributed by atoms with van der Waals surface area (Å²) in [7, 11) is 0. The van der Waals surface area contributed by atoms with Crippen molar-refractivity contribution < 1.29 is 19.1 Å². The average molecular weight is 379 g/mol. The molecule has 0 aliphatic carbocycles. The largest absolute Gasteiger partial charge is 0.454 e. The monoisotopic (exact) mass is 379 g/mol. The number of fused-ring (bicyclic) bond motifs is 1. The van der Waals surface area contributed by atoms with E-state index in [2.05, 4.69) is 16.0 Å². The van der Waals surface area contributed by atoms with E-state index in [4.69, 9.17) is 9.47 Å². The van der Waals surface area contributed by atoms with Gasteiger partial charge in [0.05, 0.1) is 11.6 Å². The first kappa shape index (κ1) is 17.9. The van der Waals surface area contributed by atoms with Gasteiger partial charge >= 0.3 is 6.03 Å². The van der Waals surface area contributed by atoms with Gasteiger partial charge in [-0.25, -0.2) is 4.79 Å². The maximum atomic E-state index is 13.1. The Labute approximate surface area is 162 Å². The lowest BCUT2D eigenvalue weighted by Gasteiger charge is -2.29. The van der Waals surface area contributed by atoms with Crippen LogP contribution in [-0.2, 0) is 4.79 Å². The van der Waals surface area contributed by atoms with Gasteiger partial charge in [-0.05, 0) is 50.1 Å². The van der Waals surface area contributed by atoms with Crippen molar-refractivity contribution in [3.05, 3.63) is 64.4 Å². The van der Waals surface area contributed by atoms with Crippen LogP contribution < -0.4 is 25.4 Å². The Balaban J connectivity index is 1.68. The molecular weight excluding hydrogens is 358 g/mol. The minimum Gasteiger partial charge on any atom is -0.454 e. The van der Waals surface area contributed by atoms with Gasteiger partial charge < -0.3 is 25.4 Å². The molecule has 7 heteroatoms. The van der Waals surface area contributed by atoms with Crippen LogP contribution in [0.5, 0.6) is 11.5 Å². The Morgan fingerprint density at radius 2 is 1.86 bits per heavy atom. The minimum absolute atomic E-state index is 0.159. The van der Waals surface area contributed by atoms with E-state index in [1.54, 1.807) is 19.1 Å². The molecule has 2 aliphatic heterocycles. The third kappa shape index (κ3) is 3.26. The molecule has 144 valence electrons. The van der Waals surface area contributed by atoms with Crippen molar-refractivity contribution in [3.63, 3.8) is 0 Å². The van der Waals surface area contributed by atoms with Crippen molar-refractivity contribution in [2.45, 2.75) is 26.8 Å². The molecule has 3 N–H and O–H groups in total. The lowest BCUT2D eigenvalue weighted by atomic mass is 9.94. The number of hydrogen-bond donors (Lipinski definition) is 3. The van der Waals surface area contributed by atoms with E-state index < -0.39 is 6.04 Å². The summed E-state index contributed by atoms with van der Waals surface area (Å²) >= 11 is 0. The van der Waals surface area contributed by atoms with Crippen LogP contribution in [0, 0.1) is 13.8 Å². The third-order valence-corrected chi connectivity index (χ3v) is 4.87. The van der Waals surface area contributed by atoms with Crippen LogP contribution in [0.2, 0.25) is 0 Å². The quantitative estimate of drug-likeness (QED) is 0.763. The summed E-state index contributed by atoms with van der Waals surface area (Å²) in [4.78, 5) is 25.2. The summed E-state index contributed by atoms with van der Waals surface area (Å²) in [6.45, 7) is 5.82. The van der Waals surface area contributed by atoms with Gasteiger partial charge in [0, 0.05) is 11.4 Å². The van der Waals surface area contributed by atoms with Crippen LogP contribution >= 0.6 is 0 Å². The number of aryl methyl sites for hydroxylation is 2. The van der Waals surface area contributed by atoms with Crippen LogP contribution in [0.25, 0.3) is 0 Å². The average Bonchev–Trinajstić information content (AvgIpc) is 3.11. The summed E-state index contributed by atoms with van der Waals surface area (Å²) in [5, 5.41) is 8.47. The highest BCUT2D eigenvalue weighted by Gasteiger charge is 2.32. The Hall–Kier alpha value is -3.48. The minimum atomic E-state index is -0.603. The summed E-state index contributed by atoms with van der Waals surface area (Å²) in [6.07, 6.45) is 0. The number of amides is 3.